The van der Waals surface area contributed by atoms with Gasteiger partial charge in [-0.05, 0) is 49.1 Å². The van der Waals surface area contributed by atoms with E-state index in [1.807, 2.05) is 18.2 Å². The Morgan fingerprint density at radius 3 is 2.72 bits per heavy atom. The van der Waals surface area contributed by atoms with Crippen molar-refractivity contribution in [2.45, 2.75) is 64.1 Å². The number of fused-ring (bicyclic) bond motifs is 4. The van der Waals surface area contributed by atoms with Crippen LogP contribution in [-0.4, -0.2) is 52.5 Å². The summed E-state index contributed by atoms with van der Waals surface area (Å²) in [7, 11) is 0. The second kappa shape index (κ2) is 9.89. The summed E-state index contributed by atoms with van der Waals surface area (Å²) in [6.07, 6.45) is 6.51. The van der Waals surface area contributed by atoms with Crippen LogP contribution < -0.4 is 0 Å². The third kappa shape index (κ3) is 4.62. The van der Waals surface area contributed by atoms with Gasteiger partial charge in [0.1, 0.15) is 0 Å². The highest BCUT2D eigenvalue weighted by molar-refractivity contribution is 5.78. The number of likely N-dealkylation sites (tertiary alicyclic amines) is 1. The van der Waals surface area contributed by atoms with E-state index in [4.69, 9.17) is 9.90 Å². The lowest BCUT2D eigenvalue weighted by molar-refractivity contribution is -0.153. The average molecular weight is 398 g/mol. The highest BCUT2D eigenvalue weighted by atomic mass is 16.3. The maximum atomic E-state index is 12.7. The van der Waals surface area contributed by atoms with Gasteiger partial charge in [-0.3, -0.25) is 14.5 Å². The van der Waals surface area contributed by atoms with Crippen LogP contribution in [0.15, 0.2) is 24.3 Å². The zero-order valence-corrected chi connectivity index (χ0v) is 17.2. The predicted molar refractivity (Wildman–Crippen MR) is 110 cm³/mol. The van der Waals surface area contributed by atoms with Crippen molar-refractivity contribution in [3.05, 3.63) is 35.4 Å². The Kier molecular flexibility index (Phi) is 7.27. The fourth-order valence-corrected chi connectivity index (χ4v) is 5.68. The summed E-state index contributed by atoms with van der Waals surface area (Å²) in [5.74, 6) is 1.58. The van der Waals surface area contributed by atoms with Crippen molar-refractivity contribution in [2.24, 2.45) is 11.8 Å². The van der Waals surface area contributed by atoms with Gasteiger partial charge in [0.05, 0.1) is 11.6 Å². The molecule has 6 heteroatoms. The van der Waals surface area contributed by atoms with Gasteiger partial charge in [0, 0.05) is 38.1 Å². The SMILES string of the molecule is CCC[C@H]1[C@H]2C[C@H](CN(Cc3ccccc3C#N)C2)[C@@H]2CCCC(=O)N21.O=CO. The number of hydrogen-bond acceptors (Lipinski definition) is 4. The second-order valence-electron chi connectivity index (χ2n) is 8.44. The topological polar surface area (TPSA) is 84.6 Å². The largest absolute Gasteiger partial charge is 0.483 e. The van der Waals surface area contributed by atoms with Gasteiger partial charge >= 0.3 is 0 Å². The number of rotatable bonds is 4. The summed E-state index contributed by atoms with van der Waals surface area (Å²) >= 11 is 0. The number of carboxylic acid groups (broad SMARTS) is 1. The molecule has 3 aliphatic heterocycles. The minimum Gasteiger partial charge on any atom is -0.483 e. The number of hydrogen-bond donors (Lipinski definition) is 1. The Morgan fingerprint density at radius 2 is 2.00 bits per heavy atom. The standard InChI is InChI=1S/C22H29N3O.CH2O2/c1-2-6-20-18-11-19(21-9-5-10-22(26)25(20)21)15-24(14-18)13-17-8-4-3-7-16(17)12-23;2-1-3/h3-4,7-8,18-21H,2,5-6,9-11,13-15H2,1H3;1H,(H,2,3)/t18-,19+,20-,21-;/m0./s1. The van der Waals surface area contributed by atoms with E-state index in [1.165, 1.54) is 12.8 Å². The van der Waals surface area contributed by atoms with Crippen molar-refractivity contribution in [1.82, 2.24) is 9.80 Å². The molecule has 3 saturated heterocycles. The molecule has 1 amide bonds. The van der Waals surface area contributed by atoms with Gasteiger partial charge in [0.2, 0.25) is 5.91 Å². The molecule has 3 fully saturated rings. The molecule has 0 aliphatic carbocycles. The molecule has 0 unspecified atom stereocenters. The molecule has 156 valence electrons. The first-order chi connectivity index (χ1) is 14.1. The summed E-state index contributed by atoms with van der Waals surface area (Å²) in [5.41, 5.74) is 1.93. The first-order valence-electron chi connectivity index (χ1n) is 10.7. The quantitative estimate of drug-likeness (QED) is 0.789. The Balaban J connectivity index is 0.000000755. The molecule has 0 spiro atoms. The van der Waals surface area contributed by atoms with Gasteiger partial charge in [-0.25, -0.2) is 0 Å². The lowest BCUT2D eigenvalue weighted by Gasteiger charge is -2.57. The van der Waals surface area contributed by atoms with Crippen LogP contribution in [0.5, 0.6) is 0 Å². The highest BCUT2D eigenvalue weighted by Gasteiger charge is 2.48. The van der Waals surface area contributed by atoms with Crippen LogP contribution in [0.25, 0.3) is 0 Å². The van der Waals surface area contributed by atoms with Gasteiger partial charge in [-0.15, -0.1) is 0 Å². The van der Waals surface area contributed by atoms with Gasteiger partial charge in [0.15, 0.2) is 0 Å². The van der Waals surface area contributed by atoms with Crippen LogP contribution in [-0.2, 0) is 16.1 Å². The molecule has 0 aromatic heterocycles. The monoisotopic (exact) mass is 397 g/mol. The minimum atomic E-state index is -0.250. The summed E-state index contributed by atoms with van der Waals surface area (Å²) < 4.78 is 0. The maximum Gasteiger partial charge on any atom is 0.290 e. The lowest BCUT2D eigenvalue weighted by atomic mass is 9.71. The third-order valence-electron chi connectivity index (χ3n) is 6.69. The molecule has 6 nitrogen and oxygen atoms in total. The van der Waals surface area contributed by atoms with Crippen molar-refractivity contribution in [3.8, 4) is 6.07 Å². The molecular formula is C23H31N3O3. The van der Waals surface area contributed by atoms with Crippen molar-refractivity contribution in [2.75, 3.05) is 13.1 Å². The lowest BCUT2D eigenvalue weighted by Crippen LogP contribution is -2.64. The molecule has 3 heterocycles. The molecule has 1 aromatic rings. The fourth-order valence-electron chi connectivity index (χ4n) is 5.68. The normalized spacial score (nSPS) is 28.6. The van der Waals surface area contributed by atoms with E-state index >= 15 is 0 Å². The maximum absolute atomic E-state index is 12.7. The Labute approximate surface area is 173 Å². The van der Waals surface area contributed by atoms with Crippen LogP contribution in [0.2, 0.25) is 0 Å². The zero-order valence-electron chi connectivity index (χ0n) is 17.2. The first-order valence-corrected chi connectivity index (χ1v) is 10.7. The highest BCUT2D eigenvalue weighted by Crippen LogP contribution is 2.43. The third-order valence-corrected chi connectivity index (χ3v) is 6.69. The van der Waals surface area contributed by atoms with Crippen LogP contribution in [0.1, 0.15) is 56.6 Å². The molecule has 4 atom stereocenters. The van der Waals surface area contributed by atoms with Crippen molar-refractivity contribution >= 4 is 12.4 Å². The van der Waals surface area contributed by atoms with Gasteiger partial charge < -0.3 is 10.0 Å². The first kappa shape index (κ1) is 21.3. The van der Waals surface area contributed by atoms with Crippen molar-refractivity contribution in [1.29, 1.82) is 5.26 Å². The van der Waals surface area contributed by atoms with E-state index in [0.29, 0.717) is 29.8 Å². The van der Waals surface area contributed by atoms with Gasteiger partial charge in [-0.1, -0.05) is 31.5 Å². The number of nitriles is 1. The molecule has 3 aliphatic rings. The van der Waals surface area contributed by atoms with Gasteiger partial charge in [0.25, 0.3) is 6.47 Å². The van der Waals surface area contributed by atoms with Crippen LogP contribution in [0, 0.1) is 23.2 Å². The van der Waals surface area contributed by atoms with E-state index < -0.39 is 0 Å². The predicted octanol–water partition coefficient (Wildman–Crippen LogP) is 3.26. The molecule has 2 bridgehead atoms. The summed E-state index contributed by atoms with van der Waals surface area (Å²) in [6.45, 7) is 4.95. The van der Waals surface area contributed by atoms with Crippen LogP contribution in [0.3, 0.4) is 0 Å². The molecule has 0 radical (unpaired) electrons. The summed E-state index contributed by atoms with van der Waals surface area (Å²) in [4.78, 5) is 25.9. The molecule has 1 aromatic carbocycles. The molecule has 29 heavy (non-hydrogen) atoms. The number of benzene rings is 1. The number of carbonyl (C=O) groups is 2. The van der Waals surface area contributed by atoms with Crippen LogP contribution in [0.4, 0.5) is 0 Å². The van der Waals surface area contributed by atoms with Crippen LogP contribution >= 0.6 is 0 Å². The molecule has 0 saturated carbocycles. The van der Waals surface area contributed by atoms with Crippen molar-refractivity contribution < 1.29 is 14.7 Å². The average Bonchev–Trinajstić information content (AvgIpc) is 2.72. The van der Waals surface area contributed by atoms with E-state index in [2.05, 4.69) is 28.9 Å². The smallest absolute Gasteiger partial charge is 0.290 e. The number of nitrogens with zero attached hydrogens (tertiary/aromatic N) is 3. The van der Waals surface area contributed by atoms with E-state index in [1.54, 1.807) is 0 Å². The summed E-state index contributed by atoms with van der Waals surface area (Å²) in [6, 6.07) is 11.2. The second-order valence-corrected chi connectivity index (χ2v) is 8.44. The van der Waals surface area contributed by atoms with E-state index in [-0.39, 0.29) is 6.47 Å². The van der Waals surface area contributed by atoms with Crippen molar-refractivity contribution in [3.63, 3.8) is 0 Å². The molecular weight excluding hydrogens is 366 g/mol. The number of amides is 1. The van der Waals surface area contributed by atoms with Gasteiger partial charge in [-0.2, -0.15) is 5.26 Å². The zero-order chi connectivity index (χ0) is 20.8. The Morgan fingerprint density at radius 1 is 1.28 bits per heavy atom. The number of carbonyl (C=O) groups excluding carboxylic acids is 1. The fraction of sp³-hybridized carbons (Fsp3) is 0.609. The van der Waals surface area contributed by atoms with E-state index in [0.717, 1.165) is 56.4 Å². The minimum absolute atomic E-state index is 0.250. The Bertz CT molecular complexity index is 760. The molecule has 4 rings (SSSR count). The molecule has 1 N–H and O–H groups in total. The Hall–Kier alpha value is -2.39. The summed E-state index contributed by atoms with van der Waals surface area (Å²) in [5, 5.41) is 16.3. The van der Waals surface area contributed by atoms with E-state index in [9.17, 15) is 10.1 Å². The number of piperidine rings is 3.